The number of piperidine rings is 1. The Morgan fingerprint density at radius 1 is 1.09 bits per heavy atom. The number of likely N-dealkylation sites (tertiary alicyclic amines) is 1. The molecule has 0 saturated carbocycles. The number of carbonyl (C=O) groups is 1. The molecule has 0 radical (unpaired) electrons. The lowest BCUT2D eigenvalue weighted by atomic mass is 9.88. The summed E-state index contributed by atoms with van der Waals surface area (Å²) in [4.78, 5) is 14.2. The molecule has 0 aromatic heterocycles. The van der Waals surface area contributed by atoms with Crippen molar-refractivity contribution in [1.82, 2.24) is 4.90 Å². The third-order valence-corrected chi connectivity index (χ3v) is 4.14. The number of halogens is 1. The van der Waals surface area contributed by atoms with E-state index in [0.29, 0.717) is 13.1 Å². The van der Waals surface area contributed by atoms with E-state index in [1.54, 1.807) is 17.0 Å². The number of anilines is 1. The molecular weight excluding hydrogens is 293 g/mol. The van der Waals surface area contributed by atoms with Gasteiger partial charge in [0.1, 0.15) is 5.82 Å². The number of benzene rings is 2. The van der Waals surface area contributed by atoms with E-state index in [4.69, 9.17) is 5.73 Å². The zero-order chi connectivity index (χ0) is 16.2. The van der Waals surface area contributed by atoms with Gasteiger partial charge in [0.15, 0.2) is 0 Å². The molecule has 1 saturated heterocycles. The van der Waals surface area contributed by atoms with Gasteiger partial charge in [-0.2, -0.15) is 0 Å². The van der Waals surface area contributed by atoms with Crippen molar-refractivity contribution in [1.29, 1.82) is 0 Å². The van der Waals surface area contributed by atoms with Crippen LogP contribution in [0.5, 0.6) is 0 Å². The number of hydrogen-bond donors (Lipinski definition) is 2. The van der Waals surface area contributed by atoms with Gasteiger partial charge in [0.05, 0.1) is 0 Å². The van der Waals surface area contributed by atoms with Gasteiger partial charge in [-0.1, -0.05) is 30.3 Å². The number of nitrogens with zero attached hydrogens (tertiary/aromatic N) is 1. The van der Waals surface area contributed by atoms with Crippen LogP contribution in [0.15, 0.2) is 54.6 Å². The van der Waals surface area contributed by atoms with Crippen LogP contribution >= 0.6 is 0 Å². The number of hydrogen-bond acceptors (Lipinski definition) is 2. The van der Waals surface area contributed by atoms with E-state index in [1.807, 2.05) is 30.3 Å². The zero-order valence-electron chi connectivity index (χ0n) is 12.8. The summed E-state index contributed by atoms with van der Waals surface area (Å²) in [6.07, 6.45) is 0.792. The topological polar surface area (TPSA) is 58.4 Å². The SMILES string of the molecule is NC1CC(c2ccc(F)cc2)CN(C(=O)Nc2ccccc2)C1. The molecule has 2 amide bonds. The number of nitrogens with one attached hydrogen (secondary N) is 1. The van der Waals surface area contributed by atoms with Gasteiger partial charge in [-0.3, -0.25) is 0 Å². The molecule has 1 aliphatic heterocycles. The predicted octanol–water partition coefficient (Wildman–Crippen LogP) is 3.17. The third kappa shape index (κ3) is 3.87. The van der Waals surface area contributed by atoms with Gasteiger partial charge in [0.2, 0.25) is 0 Å². The number of carbonyl (C=O) groups excluding carboxylic acids is 1. The van der Waals surface area contributed by atoms with E-state index in [9.17, 15) is 9.18 Å². The molecule has 4 nitrogen and oxygen atoms in total. The van der Waals surface area contributed by atoms with Crippen molar-refractivity contribution in [3.05, 3.63) is 66.0 Å². The molecule has 2 atom stereocenters. The van der Waals surface area contributed by atoms with Crippen molar-refractivity contribution in [2.24, 2.45) is 5.73 Å². The largest absolute Gasteiger partial charge is 0.326 e. The normalized spacial score (nSPS) is 21.0. The van der Waals surface area contributed by atoms with Crippen molar-refractivity contribution in [2.75, 3.05) is 18.4 Å². The first kappa shape index (κ1) is 15.5. The first-order valence-electron chi connectivity index (χ1n) is 7.74. The van der Waals surface area contributed by atoms with E-state index < -0.39 is 0 Å². The summed E-state index contributed by atoms with van der Waals surface area (Å²) in [5.41, 5.74) is 7.89. The van der Waals surface area contributed by atoms with Crippen molar-refractivity contribution in [2.45, 2.75) is 18.4 Å². The summed E-state index contributed by atoms with van der Waals surface area (Å²) in [6, 6.07) is 15.5. The highest BCUT2D eigenvalue weighted by Crippen LogP contribution is 2.27. The minimum absolute atomic E-state index is 0.0830. The lowest BCUT2D eigenvalue weighted by Crippen LogP contribution is -2.50. The second-order valence-electron chi connectivity index (χ2n) is 5.95. The number of rotatable bonds is 2. The molecule has 1 heterocycles. The molecule has 23 heavy (non-hydrogen) atoms. The maximum Gasteiger partial charge on any atom is 0.321 e. The minimum atomic E-state index is -0.257. The van der Waals surface area contributed by atoms with Gasteiger partial charge in [-0.15, -0.1) is 0 Å². The fraction of sp³-hybridized carbons (Fsp3) is 0.278. The average molecular weight is 313 g/mol. The van der Waals surface area contributed by atoms with Crippen LogP contribution in [0.4, 0.5) is 14.9 Å². The van der Waals surface area contributed by atoms with Gasteiger partial charge in [0.25, 0.3) is 0 Å². The van der Waals surface area contributed by atoms with Crippen molar-refractivity contribution in [3.63, 3.8) is 0 Å². The van der Waals surface area contributed by atoms with Gasteiger partial charge in [0, 0.05) is 30.7 Å². The minimum Gasteiger partial charge on any atom is -0.326 e. The maximum absolute atomic E-state index is 13.1. The smallest absolute Gasteiger partial charge is 0.321 e. The standard InChI is InChI=1S/C18H20FN3O/c19-15-8-6-13(7-9-15)14-10-16(20)12-22(11-14)18(23)21-17-4-2-1-3-5-17/h1-9,14,16H,10-12,20H2,(H,21,23). The predicted molar refractivity (Wildman–Crippen MR) is 88.8 cm³/mol. The molecule has 1 fully saturated rings. The summed E-state index contributed by atoms with van der Waals surface area (Å²) in [5.74, 6) is -0.131. The summed E-state index contributed by atoms with van der Waals surface area (Å²) in [5, 5.41) is 2.88. The molecule has 0 bridgehead atoms. The van der Waals surface area contributed by atoms with Crippen LogP contribution in [0.2, 0.25) is 0 Å². The Morgan fingerprint density at radius 3 is 2.48 bits per heavy atom. The van der Waals surface area contributed by atoms with E-state index >= 15 is 0 Å². The maximum atomic E-state index is 13.1. The number of nitrogens with two attached hydrogens (primary N) is 1. The Labute approximate surface area is 135 Å². The Bertz CT molecular complexity index is 660. The Kier molecular flexibility index (Phi) is 4.57. The number of urea groups is 1. The fourth-order valence-corrected chi connectivity index (χ4v) is 3.00. The summed E-state index contributed by atoms with van der Waals surface area (Å²) in [6.45, 7) is 1.11. The molecule has 2 aromatic rings. The van der Waals surface area contributed by atoms with E-state index in [0.717, 1.165) is 17.7 Å². The quantitative estimate of drug-likeness (QED) is 0.894. The molecular formula is C18H20FN3O. The van der Waals surface area contributed by atoms with Gasteiger partial charge >= 0.3 is 6.03 Å². The number of amides is 2. The summed E-state index contributed by atoms with van der Waals surface area (Å²) < 4.78 is 13.1. The molecule has 2 unspecified atom stereocenters. The Balaban J connectivity index is 1.70. The van der Waals surface area contributed by atoms with Crippen LogP contribution in [0.3, 0.4) is 0 Å². The monoisotopic (exact) mass is 313 g/mol. The van der Waals surface area contributed by atoms with Gasteiger partial charge in [-0.25, -0.2) is 9.18 Å². The third-order valence-electron chi connectivity index (χ3n) is 4.14. The molecule has 0 aliphatic carbocycles. The fourth-order valence-electron chi connectivity index (χ4n) is 3.00. The van der Waals surface area contributed by atoms with Gasteiger partial charge in [-0.05, 0) is 36.2 Å². The van der Waals surface area contributed by atoms with Crippen molar-refractivity contribution in [3.8, 4) is 0 Å². The zero-order valence-corrected chi connectivity index (χ0v) is 12.8. The van der Waals surface area contributed by atoms with Crippen LogP contribution < -0.4 is 11.1 Å². The number of para-hydroxylation sites is 1. The first-order chi connectivity index (χ1) is 11.1. The van der Waals surface area contributed by atoms with Crippen LogP contribution in [0.1, 0.15) is 17.9 Å². The molecule has 0 spiro atoms. The highest BCUT2D eigenvalue weighted by atomic mass is 19.1. The van der Waals surface area contributed by atoms with Crippen molar-refractivity contribution >= 4 is 11.7 Å². The second-order valence-corrected chi connectivity index (χ2v) is 5.95. The summed E-state index contributed by atoms with van der Waals surface area (Å²) in [7, 11) is 0. The molecule has 3 rings (SSSR count). The average Bonchev–Trinajstić information content (AvgIpc) is 2.56. The second kappa shape index (κ2) is 6.79. The lowest BCUT2D eigenvalue weighted by Gasteiger charge is -2.36. The molecule has 2 aromatic carbocycles. The summed E-state index contributed by atoms with van der Waals surface area (Å²) >= 11 is 0. The first-order valence-corrected chi connectivity index (χ1v) is 7.74. The molecule has 120 valence electrons. The Hall–Kier alpha value is -2.40. The molecule has 3 N–H and O–H groups in total. The van der Waals surface area contributed by atoms with Gasteiger partial charge < -0.3 is 16.0 Å². The molecule has 1 aliphatic rings. The van der Waals surface area contributed by atoms with E-state index in [2.05, 4.69) is 5.32 Å². The molecule has 5 heteroatoms. The van der Waals surface area contributed by atoms with Crippen LogP contribution in [0, 0.1) is 5.82 Å². The highest BCUT2D eigenvalue weighted by Gasteiger charge is 2.29. The van der Waals surface area contributed by atoms with Crippen LogP contribution in [-0.2, 0) is 0 Å². The van der Waals surface area contributed by atoms with Crippen LogP contribution in [0.25, 0.3) is 0 Å². The van der Waals surface area contributed by atoms with Crippen LogP contribution in [-0.4, -0.2) is 30.1 Å². The Morgan fingerprint density at radius 2 is 1.78 bits per heavy atom. The lowest BCUT2D eigenvalue weighted by molar-refractivity contribution is 0.184. The van der Waals surface area contributed by atoms with E-state index in [1.165, 1.54) is 12.1 Å². The van der Waals surface area contributed by atoms with E-state index in [-0.39, 0.29) is 23.8 Å². The highest BCUT2D eigenvalue weighted by molar-refractivity contribution is 5.89. The van der Waals surface area contributed by atoms with Crippen molar-refractivity contribution < 1.29 is 9.18 Å².